The van der Waals surface area contributed by atoms with Gasteiger partial charge in [-0.3, -0.25) is 55.8 Å². The Balaban J connectivity index is 0.000000151. The van der Waals surface area contributed by atoms with Gasteiger partial charge in [0, 0.05) is 143 Å². The highest BCUT2D eigenvalue weighted by Gasteiger charge is 2.36. The zero-order chi connectivity index (χ0) is 95.2. The van der Waals surface area contributed by atoms with E-state index in [4.69, 9.17) is 46.4 Å². The zero-order valence-electron chi connectivity index (χ0n) is 72.0. The molecule has 11 aromatic carbocycles. The van der Waals surface area contributed by atoms with E-state index in [0.29, 0.717) is 148 Å². The summed E-state index contributed by atoms with van der Waals surface area (Å²) in [7, 11) is -8.34. The second kappa shape index (κ2) is 42.7. The molecule has 4 fully saturated rings. The summed E-state index contributed by atoms with van der Waals surface area (Å²) in [5.74, 6) is -3.77. The lowest BCUT2D eigenvalue weighted by atomic mass is 10.1. The van der Waals surface area contributed by atoms with Gasteiger partial charge in [-0.2, -0.15) is 50.9 Å². The van der Waals surface area contributed by atoms with Crippen molar-refractivity contribution >= 4 is 202 Å². The quantitative estimate of drug-likeness (QED) is 0.0419. The molecule has 690 valence electrons. The van der Waals surface area contributed by atoms with Crippen LogP contribution < -0.4 is 54.4 Å². The van der Waals surface area contributed by atoms with E-state index in [1.165, 1.54) is 86.7 Å². The van der Waals surface area contributed by atoms with Crippen molar-refractivity contribution in [1.29, 1.82) is 0 Å². The maximum absolute atomic E-state index is 14.8. The second-order valence-corrected chi connectivity index (χ2v) is 40.1. The Labute approximate surface area is 789 Å². The van der Waals surface area contributed by atoms with Crippen LogP contribution in [0.15, 0.2) is 261 Å². The highest BCUT2D eigenvalue weighted by atomic mass is 35.5. The fourth-order valence-electron chi connectivity index (χ4n) is 14.3. The zero-order valence-corrected chi connectivity index (χ0v) is 78.3. The maximum atomic E-state index is 14.8. The van der Waals surface area contributed by atoms with E-state index >= 15 is 0 Å². The van der Waals surface area contributed by atoms with E-state index < -0.39 is 58.5 Å². The number of halogens is 5. The molecule has 0 aliphatic carbocycles. The lowest BCUT2D eigenvalue weighted by Gasteiger charge is -2.34. The fourth-order valence-corrected chi connectivity index (χ4v) is 20.8. The lowest BCUT2D eigenvalue weighted by molar-refractivity contribution is 0.101. The summed E-state index contributed by atoms with van der Waals surface area (Å²) in [5, 5.41) is 21.1. The first-order chi connectivity index (χ1) is 63.4. The number of aryl methyl sites for hydroxylation is 1. The summed E-state index contributed by atoms with van der Waals surface area (Å²) in [4.78, 5) is 92.8. The van der Waals surface area contributed by atoms with Crippen LogP contribution in [0.4, 0.5) is 67.0 Å². The monoisotopic (exact) mass is 1960 g/mol. The van der Waals surface area contributed by atoms with Crippen molar-refractivity contribution in [3.8, 4) is 0 Å². The Hall–Kier alpha value is -13.0. The molecule has 4 aliphatic rings. The van der Waals surface area contributed by atoms with Gasteiger partial charge in [0.15, 0.2) is 0 Å². The molecule has 0 radical (unpaired) electrons. The van der Waals surface area contributed by atoms with Crippen molar-refractivity contribution < 1.29 is 71.6 Å². The third-order valence-electron chi connectivity index (χ3n) is 21.5. The lowest BCUT2D eigenvalue weighted by Crippen LogP contribution is -2.48. The number of hydrogen-bond donors (Lipinski definition) is 7. The minimum absolute atomic E-state index is 0.106. The van der Waals surface area contributed by atoms with Gasteiger partial charge in [0.05, 0.1) is 76.5 Å². The van der Waals surface area contributed by atoms with Crippen LogP contribution in [0.2, 0.25) is 20.1 Å². The van der Waals surface area contributed by atoms with Crippen LogP contribution in [0, 0.1) is 12.7 Å². The first-order valence-corrected chi connectivity index (χ1v) is 48.4. The van der Waals surface area contributed by atoms with Gasteiger partial charge in [-0.1, -0.05) is 113 Å². The standard InChI is InChI=1S/C25H25ClN4O4S.C24H22Cl2N4O4S.C24H22ClFN4O4S.C20H20N4O3S/c1-17-15-20(30-14-6-13-29(2)35(30,33)34)10-11-21(17)25(32)27-19-9-12-22(26)23(16-19)28-24(31)18-7-4-3-5-8-18;2*1-29-12-5-13-30(35(29,33)34)18-9-10-19(21(26)15-18)24(32)27-17-8-11-20(25)22(14-17)28-23(31)16-6-3-2-4-7-16;1-23-12-3-13-24(28(23,26)27)18-9-6-16(7-10-18)20(25)22-17-8-5-15-4-2-11-21-19(15)14-17/h3-5,7-12,15-16H,6,13-14H2,1-2H3,(H,27,32)(H,28,31);2*2-4,6-11,14-15H,5,12-13H2,1H3,(H,27,32)(H,28,31);2,4-11,14H,3,12-13H2,1H3,(H,22,25). The molecule has 4 saturated heterocycles. The average Bonchev–Trinajstić information content (AvgIpc) is 0.793. The molecule has 7 amide bonds. The normalized spacial score (nSPS) is 15.7. The molecule has 4 aliphatic heterocycles. The van der Waals surface area contributed by atoms with Gasteiger partial charge in [-0.05, 0) is 226 Å². The number of anilines is 11. The van der Waals surface area contributed by atoms with Crippen LogP contribution in [0.5, 0.6) is 0 Å². The molecule has 5 heterocycles. The Morgan fingerprint density at radius 3 is 1.01 bits per heavy atom. The molecule has 133 heavy (non-hydrogen) atoms. The van der Waals surface area contributed by atoms with Gasteiger partial charge in [0.2, 0.25) is 0 Å². The molecule has 0 atom stereocenters. The number of fused-ring (bicyclic) bond motifs is 1. The van der Waals surface area contributed by atoms with Gasteiger partial charge in [-0.25, -0.2) is 4.39 Å². The number of hydrogen-bond acceptors (Lipinski definition) is 16. The Morgan fingerprint density at radius 1 is 0.301 bits per heavy atom. The number of aromatic nitrogens is 1. The van der Waals surface area contributed by atoms with E-state index in [1.54, 1.807) is 191 Å². The first-order valence-electron chi connectivity index (χ1n) is 41.3. The third kappa shape index (κ3) is 23.6. The van der Waals surface area contributed by atoms with E-state index in [9.17, 15) is 71.6 Å². The highest BCUT2D eigenvalue weighted by Crippen LogP contribution is 2.36. The van der Waals surface area contributed by atoms with E-state index in [-0.39, 0.29) is 74.3 Å². The van der Waals surface area contributed by atoms with Gasteiger partial charge in [0.1, 0.15) is 5.82 Å². The largest absolute Gasteiger partial charge is 0.322 e. The van der Waals surface area contributed by atoms with Gasteiger partial charge >= 0.3 is 40.8 Å². The number of amides is 7. The third-order valence-corrected chi connectivity index (χ3v) is 30.5. The van der Waals surface area contributed by atoms with Crippen LogP contribution in [0.3, 0.4) is 0 Å². The average molecular weight is 1960 g/mol. The van der Waals surface area contributed by atoms with Gasteiger partial charge < -0.3 is 37.2 Å². The van der Waals surface area contributed by atoms with Crippen LogP contribution in [-0.4, -0.2) is 178 Å². The van der Waals surface area contributed by atoms with Crippen molar-refractivity contribution in [2.45, 2.75) is 32.6 Å². The molecule has 31 nitrogen and oxygen atoms in total. The molecule has 16 rings (SSSR count). The Morgan fingerprint density at radius 2 is 0.617 bits per heavy atom. The number of rotatable bonds is 18. The SMILES string of the molecule is CN1CCCN(c2ccc(C(=O)Nc3ccc(Cl)c(NC(=O)c4ccccc4)c3)c(Cl)c2)S1(=O)=O.CN1CCCN(c2ccc(C(=O)Nc3ccc(Cl)c(NC(=O)c4ccccc4)c3)c(F)c2)S1(=O)=O.CN1CCCN(c2ccc(C(=O)Nc3ccc4cccnc4c3)cc2)S1(=O)=O.Cc1cc(N2CCCN(C)S2(=O)=O)ccc1C(=O)Nc1ccc(Cl)c(NC(=O)c2ccccc2)c1. The molecule has 0 bridgehead atoms. The molecule has 1 aromatic heterocycles. The van der Waals surface area contributed by atoms with Gasteiger partial charge in [-0.15, -0.1) is 0 Å². The minimum Gasteiger partial charge on any atom is -0.322 e. The molecule has 12 aromatic rings. The molecule has 0 saturated carbocycles. The van der Waals surface area contributed by atoms with Crippen molar-refractivity contribution in [2.24, 2.45) is 0 Å². The Bertz CT molecular complexity index is 6410. The van der Waals surface area contributed by atoms with E-state index in [1.807, 2.05) is 42.5 Å². The number of carbonyl (C=O) groups is 7. The molecule has 7 N–H and O–H groups in total. The number of nitrogens with zero attached hydrogens (tertiary/aromatic N) is 9. The fraction of sp³-hybridized carbons (Fsp3) is 0.183. The number of nitrogens with one attached hydrogen (secondary N) is 7. The van der Waals surface area contributed by atoms with Crippen molar-refractivity contribution in [1.82, 2.24) is 22.2 Å². The minimum atomic E-state index is -3.74. The number of pyridine rings is 1. The molecule has 0 spiro atoms. The summed E-state index contributed by atoms with van der Waals surface area (Å²) in [6.07, 6.45) is 4.46. The molecule has 0 unspecified atom stereocenters. The first kappa shape index (κ1) is 97.6. The van der Waals surface area contributed by atoms with Crippen LogP contribution in [0.1, 0.15) is 104 Å². The highest BCUT2D eigenvalue weighted by molar-refractivity contribution is 7.91. The maximum Gasteiger partial charge on any atom is 0.303 e. The van der Waals surface area contributed by atoms with Crippen LogP contribution in [-0.2, 0) is 40.8 Å². The van der Waals surface area contributed by atoms with E-state index in [0.717, 1.165) is 34.1 Å². The molecular weight excluding hydrogens is 1870 g/mol. The summed E-state index contributed by atoms with van der Waals surface area (Å²) in [5.41, 5.74) is 7.92. The molecule has 40 heteroatoms. The van der Waals surface area contributed by atoms with Crippen molar-refractivity contribution in [2.75, 3.05) is 135 Å². The summed E-state index contributed by atoms with van der Waals surface area (Å²) < 4.78 is 125. The van der Waals surface area contributed by atoms with E-state index in [2.05, 4.69) is 42.2 Å². The predicted octanol–water partition coefficient (Wildman–Crippen LogP) is 16.7. The summed E-state index contributed by atoms with van der Waals surface area (Å²) in [6, 6.07) is 68.9. The van der Waals surface area contributed by atoms with Crippen molar-refractivity contribution in [3.63, 3.8) is 0 Å². The van der Waals surface area contributed by atoms with Gasteiger partial charge in [0.25, 0.3) is 41.4 Å². The molecular formula is C93H89Cl4FN16O15S4. The van der Waals surface area contributed by atoms with Crippen LogP contribution >= 0.6 is 46.4 Å². The number of carbonyl (C=O) groups excluding carboxylic acids is 7. The summed E-state index contributed by atoms with van der Waals surface area (Å²) >= 11 is 25.0. The van der Waals surface area contributed by atoms with Crippen LogP contribution in [0.25, 0.3) is 10.9 Å². The predicted molar refractivity (Wildman–Crippen MR) is 521 cm³/mol. The number of benzene rings is 11. The van der Waals surface area contributed by atoms with Crippen molar-refractivity contribution in [3.05, 3.63) is 331 Å². The smallest absolute Gasteiger partial charge is 0.303 e. The topological polar surface area (TPSA) is 379 Å². The second-order valence-electron chi connectivity index (χ2n) is 30.7. The summed E-state index contributed by atoms with van der Waals surface area (Å²) in [6.45, 7) is 4.96. The Kier molecular flexibility index (Phi) is 31.3.